The number of methoxy groups -OCH3 is 1. The lowest BCUT2D eigenvalue weighted by Gasteiger charge is -2.19. The van der Waals surface area contributed by atoms with Gasteiger partial charge in [-0.05, 0) is 13.0 Å². The second-order valence-corrected chi connectivity index (χ2v) is 3.98. The van der Waals surface area contributed by atoms with Gasteiger partial charge >= 0.3 is 6.03 Å². The van der Waals surface area contributed by atoms with E-state index in [1.54, 1.807) is 25.3 Å². The van der Waals surface area contributed by atoms with Gasteiger partial charge in [-0.3, -0.25) is 0 Å². The molecule has 0 aliphatic heterocycles. The van der Waals surface area contributed by atoms with E-state index in [4.69, 9.17) is 9.47 Å². The highest BCUT2D eigenvalue weighted by atomic mass is 16.5. The van der Waals surface area contributed by atoms with Gasteiger partial charge in [-0.15, -0.1) is 0 Å². The van der Waals surface area contributed by atoms with Crippen LogP contribution in [-0.2, 0) is 11.3 Å². The van der Waals surface area contributed by atoms with Crippen molar-refractivity contribution in [2.24, 2.45) is 0 Å². The zero-order valence-electron chi connectivity index (χ0n) is 11.7. The number of carbonyl (C=O) groups is 1. The van der Waals surface area contributed by atoms with Crippen molar-refractivity contribution >= 4 is 6.03 Å². The molecule has 1 aromatic rings. The van der Waals surface area contributed by atoms with Crippen LogP contribution in [0.2, 0.25) is 0 Å². The fourth-order valence-corrected chi connectivity index (χ4v) is 1.53. The first-order valence-electron chi connectivity index (χ1n) is 6.23. The van der Waals surface area contributed by atoms with E-state index in [0.29, 0.717) is 32.2 Å². The van der Waals surface area contributed by atoms with Gasteiger partial charge in [-0.2, -0.15) is 0 Å². The normalized spacial score (nSPS) is 10.1. The van der Waals surface area contributed by atoms with E-state index in [2.05, 4.69) is 10.3 Å². The van der Waals surface area contributed by atoms with Crippen molar-refractivity contribution in [1.82, 2.24) is 15.2 Å². The van der Waals surface area contributed by atoms with Gasteiger partial charge in [0.2, 0.25) is 5.88 Å². The lowest BCUT2D eigenvalue weighted by Crippen LogP contribution is -2.38. The van der Waals surface area contributed by atoms with Crippen LogP contribution >= 0.6 is 0 Å². The van der Waals surface area contributed by atoms with Crippen LogP contribution < -0.4 is 10.1 Å². The molecule has 6 nitrogen and oxygen atoms in total. The fourth-order valence-electron chi connectivity index (χ4n) is 1.53. The topological polar surface area (TPSA) is 63.7 Å². The maximum absolute atomic E-state index is 11.8. The Hall–Kier alpha value is -1.82. The lowest BCUT2D eigenvalue weighted by molar-refractivity contribution is 0.183. The van der Waals surface area contributed by atoms with Crippen LogP contribution in [-0.4, -0.2) is 49.8 Å². The van der Waals surface area contributed by atoms with Gasteiger partial charge in [0.15, 0.2) is 0 Å². The van der Waals surface area contributed by atoms with E-state index in [9.17, 15) is 4.79 Å². The standard InChI is InChI=1S/C13H21N3O3/c1-4-19-12-11(6-5-7-14-12)10-16(2)13(17)15-8-9-18-3/h5-7H,4,8-10H2,1-3H3,(H,15,17). The maximum Gasteiger partial charge on any atom is 0.317 e. The SMILES string of the molecule is CCOc1ncccc1CN(C)C(=O)NCCOC. The van der Waals surface area contributed by atoms with E-state index in [-0.39, 0.29) is 6.03 Å². The molecular weight excluding hydrogens is 246 g/mol. The summed E-state index contributed by atoms with van der Waals surface area (Å²) in [4.78, 5) is 17.5. The summed E-state index contributed by atoms with van der Waals surface area (Å²) in [5.41, 5.74) is 0.883. The fraction of sp³-hybridized carbons (Fsp3) is 0.538. The summed E-state index contributed by atoms with van der Waals surface area (Å²) in [6.07, 6.45) is 1.67. The van der Waals surface area contributed by atoms with Gasteiger partial charge in [0, 0.05) is 32.5 Å². The molecule has 0 unspecified atom stereocenters. The minimum Gasteiger partial charge on any atom is -0.478 e. The lowest BCUT2D eigenvalue weighted by atomic mass is 10.2. The molecule has 0 aliphatic carbocycles. The van der Waals surface area contributed by atoms with Crippen molar-refractivity contribution in [2.75, 3.05) is 33.9 Å². The predicted molar refractivity (Wildman–Crippen MR) is 72.1 cm³/mol. The molecule has 1 rings (SSSR count). The molecule has 0 saturated heterocycles. The van der Waals surface area contributed by atoms with Gasteiger partial charge < -0.3 is 19.7 Å². The zero-order chi connectivity index (χ0) is 14.1. The van der Waals surface area contributed by atoms with Crippen LogP contribution in [0.4, 0.5) is 4.79 Å². The maximum atomic E-state index is 11.8. The van der Waals surface area contributed by atoms with Crippen LogP contribution in [0.3, 0.4) is 0 Å². The summed E-state index contributed by atoms with van der Waals surface area (Å²) in [6.45, 7) is 3.89. The Morgan fingerprint density at radius 1 is 1.53 bits per heavy atom. The molecule has 0 atom stereocenters. The Kier molecular flexibility index (Phi) is 6.67. The minimum atomic E-state index is -0.150. The van der Waals surface area contributed by atoms with Crippen molar-refractivity contribution in [3.05, 3.63) is 23.9 Å². The van der Waals surface area contributed by atoms with Gasteiger partial charge in [0.25, 0.3) is 0 Å². The molecule has 0 saturated carbocycles. The Balaban J connectivity index is 2.55. The van der Waals surface area contributed by atoms with Crippen molar-refractivity contribution in [3.8, 4) is 5.88 Å². The smallest absolute Gasteiger partial charge is 0.317 e. The number of nitrogens with zero attached hydrogens (tertiary/aromatic N) is 2. The number of ether oxygens (including phenoxy) is 2. The first-order chi connectivity index (χ1) is 9.19. The largest absolute Gasteiger partial charge is 0.478 e. The third-order valence-corrected chi connectivity index (χ3v) is 2.47. The quantitative estimate of drug-likeness (QED) is 0.756. The third-order valence-electron chi connectivity index (χ3n) is 2.47. The number of nitrogens with one attached hydrogen (secondary N) is 1. The summed E-state index contributed by atoms with van der Waals surface area (Å²) in [5.74, 6) is 0.571. The molecule has 0 aromatic carbocycles. The number of rotatable bonds is 7. The Labute approximate surface area is 113 Å². The minimum absolute atomic E-state index is 0.150. The highest BCUT2D eigenvalue weighted by molar-refractivity contribution is 5.73. The number of urea groups is 1. The van der Waals surface area contributed by atoms with Crippen LogP contribution in [0, 0.1) is 0 Å². The van der Waals surface area contributed by atoms with Gasteiger partial charge in [0.1, 0.15) is 0 Å². The summed E-state index contributed by atoms with van der Waals surface area (Å²) >= 11 is 0. The third kappa shape index (κ3) is 5.13. The van der Waals surface area contributed by atoms with Crippen molar-refractivity contribution in [1.29, 1.82) is 0 Å². The molecule has 106 valence electrons. The Morgan fingerprint density at radius 2 is 2.32 bits per heavy atom. The van der Waals surface area contributed by atoms with E-state index in [1.807, 2.05) is 19.1 Å². The average Bonchev–Trinajstić information content (AvgIpc) is 2.41. The molecule has 1 heterocycles. The van der Waals surface area contributed by atoms with Crippen molar-refractivity contribution in [2.45, 2.75) is 13.5 Å². The van der Waals surface area contributed by atoms with E-state index < -0.39 is 0 Å². The molecule has 6 heteroatoms. The van der Waals surface area contributed by atoms with E-state index in [0.717, 1.165) is 5.56 Å². The summed E-state index contributed by atoms with van der Waals surface area (Å²) in [7, 11) is 3.32. The monoisotopic (exact) mass is 267 g/mol. The Bertz CT molecular complexity index is 398. The van der Waals surface area contributed by atoms with Gasteiger partial charge in [-0.1, -0.05) is 6.07 Å². The van der Waals surface area contributed by atoms with Crippen molar-refractivity contribution in [3.63, 3.8) is 0 Å². The van der Waals surface area contributed by atoms with Crippen molar-refractivity contribution < 1.29 is 14.3 Å². The molecule has 0 aliphatic rings. The first kappa shape index (κ1) is 15.2. The molecule has 1 N–H and O–H groups in total. The summed E-state index contributed by atoms with van der Waals surface area (Å²) < 4.78 is 10.3. The zero-order valence-corrected chi connectivity index (χ0v) is 11.7. The molecule has 2 amide bonds. The van der Waals surface area contributed by atoms with Gasteiger partial charge in [-0.25, -0.2) is 9.78 Å². The Morgan fingerprint density at radius 3 is 3.00 bits per heavy atom. The highest BCUT2D eigenvalue weighted by Gasteiger charge is 2.12. The highest BCUT2D eigenvalue weighted by Crippen LogP contribution is 2.15. The molecule has 0 radical (unpaired) electrons. The van der Waals surface area contributed by atoms with Crippen LogP contribution in [0.15, 0.2) is 18.3 Å². The molecule has 0 fully saturated rings. The molecular formula is C13H21N3O3. The van der Waals surface area contributed by atoms with E-state index >= 15 is 0 Å². The first-order valence-corrected chi connectivity index (χ1v) is 6.23. The molecule has 0 bridgehead atoms. The second kappa shape index (κ2) is 8.31. The average molecular weight is 267 g/mol. The van der Waals surface area contributed by atoms with Crippen LogP contribution in [0.25, 0.3) is 0 Å². The van der Waals surface area contributed by atoms with Crippen LogP contribution in [0.1, 0.15) is 12.5 Å². The van der Waals surface area contributed by atoms with E-state index in [1.165, 1.54) is 0 Å². The number of hydrogen-bond donors (Lipinski definition) is 1. The number of aromatic nitrogens is 1. The van der Waals surface area contributed by atoms with Crippen LogP contribution in [0.5, 0.6) is 5.88 Å². The number of carbonyl (C=O) groups excluding carboxylic acids is 1. The second-order valence-electron chi connectivity index (χ2n) is 3.98. The number of hydrogen-bond acceptors (Lipinski definition) is 4. The molecule has 1 aromatic heterocycles. The number of amides is 2. The molecule has 0 spiro atoms. The predicted octanol–water partition coefficient (Wildman–Crippen LogP) is 1.27. The number of pyridine rings is 1. The van der Waals surface area contributed by atoms with Gasteiger partial charge in [0.05, 0.1) is 19.8 Å². The molecule has 19 heavy (non-hydrogen) atoms. The summed E-state index contributed by atoms with van der Waals surface area (Å²) in [6, 6.07) is 3.58. The summed E-state index contributed by atoms with van der Waals surface area (Å²) in [5, 5.41) is 2.76.